The molecule has 0 radical (unpaired) electrons. The van der Waals surface area contributed by atoms with Gasteiger partial charge in [0, 0.05) is 17.6 Å². The van der Waals surface area contributed by atoms with Crippen LogP contribution < -0.4 is 11.1 Å². The lowest BCUT2D eigenvalue weighted by Gasteiger charge is -2.24. The number of rotatable bonds is 5. The molecule has 4 heteroatoms. The van der Waals surface area contributed by atoms with Crippen molar-refractivity contribution in [3.8, 4) is 0 Å². The van der Waals surface area contributed by atoms with E-state index >= 15 is 0 Å². The zero-order valence-electron chi connectivity index (χ0n) is 11.2. The molecule has 0 aliphatic rings. The molecule has 1 atom stereocenters. The van der Waals surface area contributed by atoms with Crippen LogP contribution in [0.5, 0.6) is 0 Å². The summed E-state index contributed by atoms with van der Waals surface area (Å²) in [5.41, 5.74) is 6.21. The van der Waals surface area contributed by atoms with Crippen molar-refractivity contribution >= 4 is 17.5 Å². The highest BCUT2D eigenvalue weighted by Crippen LogP contribution is 2.14. The number of benzene rings is 1. The SMILES string of the molecule is CC(Cc1ccc(Cl)cc1)NC(=O)C(C)(C)CN. The molecule has 0 saturated heterocycles. The first-order valence-electron chi connectivity index (χ1n) is 6.10. The summed E-state index contributed by atoms with van der Waals surface area (Å²) in [5, 5.41) is 3.70. The second-order valence-corrected chi connectivity index (χ2v) is 5.73. The number of carbonyl (C=O) groups excluding carboxylic acids is 1. The lowest BCUT2D eigenvalue weighted by molar-refractivity contribution is -0.129. The van der Waals surface area contributed by atoms with E-state index in [1.54, 1.807) is 0 Å². The maximum atomic E-state index is 11.9. The third-order valence-corrected chi connectivity index (χ3v) is 3.21. The minimum Gasteiger partial charge on any atom is -0.353 e. The average Bonchev–Trinajstić information content (AvgIpc) is 2.32. The number of carbonyl (C=O) groups is 1. The summed E-state index contributed by atoms with van der Waals surface area (Å²) in [4.78, 5) is 11.9. The van der Waals surface area contributed by atoms with Crippen LogP contribution in [-0.4, -0.2) is 18.5 Å². The van der Waals surface area contributed by atoms with E-state index in [4.69, 9.17) is 17.3 Å². The third-order valence-electron chi connectivity index (χ3n) is 2.96. The third kappa shape index (κ3) is 4.31. The van der Waals surface area contributed by atoms with Crippen molar-refractivity contribution in [1.29, 1.82) is 0 Å². The van der Waals surface area contributed by atoms with Crippen molar-refractivity contribution in [3.63, 3.8) is 0 Å². The molecule has 18 heavy (non-hydrogen) atoms. The van der Waals surface area contributed by atoms with Gasteiger partial charge in [0.05, 0.1) is 5.41 Å². The summed E-state index contributed by atoms with van der Waals surface area (Å²) >= 11 is 5.83. The number of nitrogens with one attached hydrogen (secondary N) is 1. The summed E-state index contributed by atoms with van der Waals surface area (Å²) in [6, 6.07) is 7.73. The van der Waals surface area contributed by atoms with Crippen LogP contribution >= 0.6 is 11.6 Å². The fraction of sp³-hybridized carbons (Fsp3) is 0.500. The zero-order valence-corrected chi connectivity index (χ0v) is 11.9. The van der Waals surface area contributed by atoms with E-state index < -0.39 is 5.41 Å². The summed E-state index contributed by atoms with van der Waals surface area (Å²) in [6.07, 6.45) is 0.781. The highest BCUT2D eigenvalue weighted by Gasteiger charge is 2.26. The van der Waals surface area contributed by atoms with Gasteiger partial charge in [-0.05, 0) is 44.9 Å². The van der Waals surface area contributed by atoms with Gasteiger partial charge in [0.2, 0.25) is 5.91 Å². The van der Waals surface area contributed by atoms with Gasteiger partial charge in [0.25, 0.3) is 0 Å². The molecule has 0 bridgehead atoms. The molecule has 0 aromatic heterocycles. The molecule has 1 unspecified atom stereocenters. The largest absolute Gasteiger partial charge is 0.353 e. The molecule has 3 N–H and O–H groups in total. The normalized spacial score (nSPS) is 13.2. The van der Waals surface area contributed by atoms with Crippen molar-refractivity contribution in [1.82, 2.24) is 5.32 Å². The summed E-state index contributed by atoms with van der Waals surface area (Å²) in [5.74, 6) is -0.00790. The van der Waals surface area contributed by atoms with Crippen molar-refractivity contribution in [2.24, 2.45) is 11.1 Å². The first kappa shape index (κ1) is 15.0. The van der Waals surface area contributed by atoms with Crippen LogP contribution in [0.1, 0.15) is 26.3 Å². The highest BCUT2D eigenvalue weighted by molar-refractivity contribution is 6.30. The minimum atomic E-state index is -0.520. The Kier molecular flexibility index (Phi) is 5.17. The second kappa shape index (κ2) is 6.21. The summed E-state index contributed by atoms with van der Waals surface area (Å²) in [7, 11) is 0. The Morgan fingerprint density at radius 3 is 2.44 bits per heavy atom. The minimum absolute atomic E-state index is 0.00790. The molecular weight excluding hydrogens is 248 g/mol. The number of hydrogen-bond acceptors (Lipinski definition) is 2. The maximum absolute atomic E-state index is 11.9. The van der Waals surface area contributed by atoms with E-state index in [1.807, 2.05) is 45.0 Å². The molecule has 100 valence electrons. The lowest BCUT2D eigenvalue weighted by atomic mass is 9.92. The van der Waals surface area contributed by atoms with E-state index in [1.165, 1.54) is 0 Å². The predicted molar refractivity (Wildman–Crippen MR) is 75.6 cm³/mol. The van der Waals surface area contributed by atoms with Crippen molar-refractivity contribution in [2.45, 2.75) is 33.2 Å². The molecule has 3 nitrogen and oxygen atoms in total. The van der Waals surface area contributed by atoms with Crippen LogP contribution in [0, 0.1) is 5.41 Å². The second-order valence-electron chi connectivity index (χ2n) is 5.29. The number of hydrogen-bond donors (Lipinski definition) is 2. The maximum Gasteiger partial charge on any atom is 0.227 e. The number of nitrogens with two attached hydrogens (primary N) is 1. The van der Waals surface area contributed by atoms with Gasteiger partial charge in [-0.15, -0.1) is 0 Å². The molecule has 0 fully saturated rings. The topological polar surface area (TPSA) is 55.1 Å². The van der Waals surface area contributed by atoms with Crippen LogP contribution in [0.15, 0.2) is 24.3 Å². The molecule has 0 saturated carbocycles. The molecule has 0 heterocycles. The average molecular weight is 269 g/mol. The molecule has 1 aromatic carbocycles. The molecule has 0 aliphatic heterocycles. The molecule has 0 spiro atoms. The summed E-state index contributed by atoms with van der Waals surface area (Å²) < 4.78 is 0. The zero-order chi connectivity index (χ0) is 13.8. The van der Waals surface area contributed by atoms with Crippen LogP contribution in [0.2, 0.25) is 5.02 Å². The molecular formula is C14H21ClN2O. The van der Waals surface area contributed by atoms with Gasteiger partial charge in [-0.3, -0.25) is 4.79 Å². The Balaban J connectivity index is 2.54. The van der Waals surface area contributed by atoms with Gasteiger partial charge in [0.1, 0.15) is 0 Å². The first-order valence-corrected chi connectivity index (χ1v) is 6.48. The Bertz CT molecular complexity index is 401. The van der Waals surface area contributed by atoms with Crippen molar-refractivity contribution in [2.75, 3.05) is 6.54 Å². The molecule has 0 aliphatic carbocycles. The number of amides is 1. The van der Waals surface area contributed by atoms with Crippen LogP contribution in [0.25, 0.3) is 0 Å². The Morgan fingerprint density at radius 1 is 1.39 bits per heavy atom. The fourth-order valence-corrected chi connectivity index (χ4v) is 1.66. The van der Waals surface area contributed by atoms with Gasteiger partial charge >= 0.3 is 0 Å². The smallest absolute Gasteiger partial charge is 0.227 e. The van der Waals surface area contributed by atoms with Gasteiger partial charge in [-0.25, -0.2) is 0 Å². The molecule has 1 aromatic rings. The van der Waals surface area contributed by atoms with E-state index in [0.717, 1.165) is 17.0 Å². The van der Waals surface area contributed by atoms with E-state index in [-0.39, 0.29) is 11.9 Å². The Hall–Kier alpha value is -1.06. The van der Waals surface area contributed by atoms with Crippen LogP contribution in [0.4, 0.5) is 0 Å². The van der Waals surface area contributed by atoms with Gasteiger partial charge in [-0.1, -0.05) is 23.7 Å². The Labute approximate surface area is 114 Å². The first-order chi connectivity index (χ1) is 8.35. The standard InChI is InChI=1S/C14H21ClN2O/c1-10(17-13(18)14(2,3)9-16)8-11-4-6-12(15)7-5-11/h4-7,10H,8-9,16H2,1-3H3,(H,17,18). The number of halogens is 1. The van der Waals surface area contributed by atoms with Crippen molar-refractivity contribution in [3.05, 3.63) is 34.9 Å². The monoisotopic (exact) mass is 268 g/mol. The fourth-order valence-electron chi connectivity index (χ4n) is 1.54. The van der Waals surface area contributed by atoms with E-state index in [0.29, 0.717) is 6.54 Å². The molecule has 1 amide bonds. The lowest BCUT2D eigenvalue weighted by Crippen LogP contribution is -2.45. The van der Waals surface area contributed by atoms with Gasteiger partial charge in [0.15, 0.2) is 0 Å². The van der Waals surface area contributed by atoms with Crippen molar-refractivity contribution < 1.29 is 4.79 Å². The highest BCUT2D eigenvalue weighted by atomic mass is 35.5. The van der Waals surface area contributed by atoms with E-state index in [2.05, 4.69) is 5.32 Å². The Morgan fingerprint density at radius 2 is 1.94 bits per heavy atom. The summed E-state index contributed by atoms with van der Waals surface area (Å²) in [6.45, 7) is 6.01. The van der Waals surface area contributed by atoms with Crippen LogP contribution in [-0.2, 0) is 11.2 Å². The quantitative estimate of drug-likeness (QED) is 0.861. The van der Waals surface area contributed by atoms with E-state index in [9.17, 15) is 4.79 Å². The predicted octanol–water partition coefficient (Wildman–Crippen LogP) is 2.37. The van der Waals surface area contributed by atoms with Gasteiger partial charge in [-0.2, -0.15) is 0 Å². The molecule has 1 rings (SSSR count). The van der Waals surface area contributed by atoms with Gasteiger partial charge < -0.3 is 11.1 Å². The van der Waals surface area contributed by atoms with Crippen LogP contribution in [0.3, 0.4) is 0 Å².